The number of rotatable bonds is 0. The molecule has 0 radical (unpaired) electrons. The van der Waals surface area contributed by atoms with Gasteiger partial charge in [0.2, 0.25) is 0 Å². The van der Waals surface area contributed by atoms with Crippen LogP contribution in [0.3, 0.4) is 0 Å². The molecule has 0 bridgehead atoms. The highest BCUT2D eigenvalue weighted by atomic mass is 16.2. The third kappa shape index (κ3) is 1.45. The summed E-state index contributed by atoms with van der Waals surface area (Å²) in [6.45, 7) is 2.80. The lowest BCUT2D eigenvalue weighted by Gasteiger charge is -2.28. The van der Waals surface area contributed by atoms with E-state index >= 15 is 0 Å². The summed E-state index contributed by atoms with van der Waals surface area (Å²) in [4.78, 5) is 12.8. The van der Waals surface area contributed by atoms with Crippen molar-refractivity contribution in [3.8, 4) is 0 Å². The summed E-state index contributed by atoms with van der Waals surface area (Å²) in [5.41, 5.74) is 8.75. The van der Waals surface area contributed by atoms with E-state index in [4.69, 9.17) is 5.73 Å². The van der Waals surface area contributed by atoms with E-state index in [2.05, 4.69) is 13.0 Å². The van der Waals surface area contributed by atoms with Crippen molar-refractivity contribution in [2.24, 2.45) is 5.73 Å². The van der Waals surface area contributed by atoms with Gasteiger partial charge in [-0.15, -0.1) is 0 Å². The normalized spacial score (nSPS) is 15.1. The van der Waals surface area contributed by atoms with Crippen LogP contribution in [0.2, 0.25) is 0 Å². The highest BCUT2D eigenvalue weighted by Gasteiger charge is 2.19. The zero-order chi connectivity index (χ0) is 10.1. The molecule has 1 aromatic carbocycles. The van der Waals surface area contributed by atoms with Crippen LogP contribution in [0.1, 0.15) is 17.5 Å². The van der Waals surface area contributed by atoms with Gasteiger partial charge < -0.3 is 5.73 Å². The first-order chi connectivity index (χ1) is 6.68. The summed E-state index contributed by atoms with van der Waals surface area (Å²) in [5, 5.41) is 0. The van der Waals surface area contributed by atoms with E-state index in [0.717, 1.165) is 25.1 Å². The molecule has 2 amide bonds. The lowest BCUT2D eigenvalue weighted by Crippen LogP contribution is -2.39. The topological polar surface area (TPSA) is 46.3 Å². The Morgan fingerprint density at radius 3 is 3.00 bits per heavy atom. The molecule has 2 N–H and O–H groups in total. The van der Waals surface area contributed by atoms with Crippen LogP contribution >= 0.6 is 0 Å². The van der Waals surface area contributed by atoms with Crippen LogP contribution in [0, 0.1) is 6.92 Å². The number of benzene rings is 1. The van der Waals surface area contributed by atoms with Crippen LogP contribution in [0.15, 0.2) is 18.2 Å². The van der Waals surface area contributed by atoms with Gasteiger partial charge in [0.25, 0.3) is 0 Å². The predicted molar refractivity (Wildman–Crippen MR) is 56.4 cm³/mol. The summed E-state index contributed by atoms with van der Waals surface area (Å²) >= 11 is 0. The van der Waals surface area contributed by atoms with E-state index in [9.17, 15) is 4.79 Å². The number of hydrogen-bond donors (Lipinski definition) is 1. The third-order valence-electron chi connectivity index (χ3n) is 2.62. The molecule has 0 aromatic heterocycles. The highest BCUT2D eigenvalue weighted by molar-refractivity contribution is 5.92. The van der Waals surface area contributed by atoms with Crippen LogP contribution in [-0.4, -0.2) is 12.6 Å². The number of carbonyl (C=O) groups excluding carboxylic acids is 1. The number of aryl methyl sites for hydroxylation is 2. The third-order valence-corrected chi connectivity index (χ3v) is 2.62. The molecule has 1 aromatic rings. The van der Waals surface area contributed by atoms with Crippen LogP contribution in [-0.2, 0) is 6.42 Å². The Balaban J connectivity index is 2.44. The maximum atomic E-state index is 11.2. The number of nitrogens with two attached hydrogens (primary N) is 1. The molecule has 3 heteroatoms. The van der Waals surface area contributed by atoms with Crippen molar-refractivity contribution in [2.75, 3.05) is 11.4 Å². The number of anilines is 1. The molecule has 0 fully saturated rings. The molecule has 1 aliphatic heterocycles. The zero-order valence-corrected chi connectivity index (χ0v) is 8.29. The molecule has 0 atom stereocenters. The van der Waals surface area contributed by atoms with Gasteiger partial charge in [0, 0.05) is 12.2 Å². The summed E-state index contributed by atoms with van der Waals surface area (Å²) in [6, 6.07) is 5.77. The fourth-order valence-electron chi connectivity index (χ4n) is 1.95. The van der Waals surface area contributed by atoms with Gasteiger partial charge in [0.1, 0.15) is 0 Å². The second-order valence-corrected chi connectivity index (χ2v) is 3.73. The number of fused-ring (bicyclic) bond motifs is 1. The van der Waals surface area contributed by atoms with Crippen molar-refractivity contribution in [2.45, 2.75) is 19.8 Å². The summed E-state index contributed by atoms with van der Waals surface area (Å²) in [5.74, 6) is 0. The van der Waals surface area contributed by atoms with Gasteiger partial charge in [-0.1, -0.05) is 17.7 Å². The maximum absolute atomic E-state index is 11.2. The Hall–Kier alpha value is -1.51. The minimum absolute atomic E-state index is 0.352. The van der Waals surface area contributed by atoms with Gasteiger partial charge in [-0.25, -0.2) is 4.79 Å². The van der Waals surface area contributed by atoms with E-state index in [-0.39, 0.29) is 6.03 Å². The fraction of sp³-hybridized carbons (Fsp3) is 0.364. The molecule has 0 unspecified atom stereocenters. The van der Waals surface area contributed by atoms with Crippen LogP contribution in [0.5, 0.6) is 0 Å². The predicted octanol–water partition coefficient (Wildman–Crippen LogP) is 1.83. The molecule has 74 valence electrons. The number of urea groups is 1. The lowest BCUT2D eigenvalue weighted by molar-refractivity contribution is 0.253. The monoisotopic (exact) mass is 190 g/mol. The Labute approximate surface area is 83.5 Å². The molecule has 3 nitrogen and oxygen atoms in total. The molecule has 0 aliphatic carbocycles. The SMILES string of the molecule is Cc1ccc2c(c1)CCCN2C(N)=O. The highest BCUT2D eigenvalue weighted by Crippen LogP contribution is 2.27. The van der Waals surface area contributed by atoms with Crippen molar-refractivity contribution in [3.05, 3.63) is 29.3 Å². The second kappa shape index (κ2) is 3.33. The van der Waals surface area contributed by atoms with Crippen molar-refractivity contribution < 1.29 is 4.79 Å². The van der Waals surface area contributed by atoms with Gasteiger partial charge in [-0.05, 0) is 31.4 Å². The quantitative estimate of drug-likeness (QED) is 0.666. The van der Waals surface area contributed by atoms with E-state index in [1.165, 1.54) is 11.1 Å². The Morgan fingerprint density at radius 1 is 1.50 bits per heavy atom. The summed E-state index contributed by atoms with van der Waals surface area (Å²) in [6.07, 6.45) is 2.04. The van der Waals surface area contributed by atoms with Crippen molar-refractivity contribution >= 4 is 11.7 Å². The molecular weight excluding hydrogens is 176 g/mol. The molecule has 0 spiro atoms. The summed E-state index contributed by atoms with van der Waals surface area (Å²) in [7, 11) is 0. The molecule has 2 rings (SSSR count). The Kier molecular flexibility index (Phi) is 2.15. The van der Waals surface area contributed by atoms with Crippen molar-refractivity contribution in [1.29, 1.82) is 0 Å². The zero-order valence-electron chi connectivity index (χ0n) is 8.29. The van der Waals surface area contributed by atoms with E-state index in [1.807, 2.05) is 12.1 Å². The van der Waals surface area contributed by atoms with Crippen molar-refractivity contribution in [3.63, 3.8) is 0 Å². The van der Waals surface area contributed by atoms with Gasteiger partial charge >= 0.3 is 6.03 Å². The van der Waals surface area contributed by atoms with Crippen LogP contribution < -0.4 is 10.6 Å². The van der Waals surface area contributed by atoms with E-state index in [0.29, 0.717) is 0 Å². The van der Waals surface area contributed by atoms with Crippen molar-refractivity contribution in [1.82, 2.24) is 0 Å². The van der Waals surface area contributed by atoms with Crippen LogP contribution in [0.25, 0.3) is 0 Å². The molecule has 0 saturated heterocycles. The molecule has 1 heterocycles. The largest absolute Gasteiger partial charge is 0.351 e. The first kappa shape index (κ1) is 9.06. The smallest absolute Gasteiger partial charge is 0.319 e. The van der Waals surface area contributed by atoms with Gasteiger partial charge in [0.05, 0.1) is 0 Å². The number of nitrogens with zero attached hydrogens (tertiary/aromatic N) is 1. The number of primary amides is 1. The molecule has 14 heavy (non-hydrogen) atoms. The first-order valence-corrected chi connectivity index (χ1v) is 4.85. The maximum Gasteiger partial charge on any atom is 0.319 e. The fourth-order valence-corrected chi connectivity index (χ4v) is 1.95. The standard InChI is InChI=1S/C11H14N2O/c1-8-4-5-10-9(7-8)3-2-6-13(10)11(12)14/h4-5,7H,2-3,6H2,1H3,(H2,12,14). The molecule has 0 saturated carbocycles. The Morgan fingerprint density at radius 2 is 2.29 bits per heavy atom. The van der Waals surface area contributed by atoms with E-state index < -0.39 is 0 Å². The van der Waals surface area contributed by atoms with E-state index in [1.54, 1.807) is 4.90 Å². The Bertz CT molecular complexity index is 374. The number of amides is 2. The summed E-state index contributed by atoms with van der Waals surface area (Å²) < 4.78 is 0. The average molecular weight is 190 g/mol. The minimum Gasteiger partial charge on any atom is -0.351 e. The number of carbonyl (C=O) groups is 1. The average Bonchev–Trinajstić information content (AvgIpc) is 2.16. The molecule has 1 aliphatic rings. The first-order valence-electron chi connectivity index (χ1n) is 4.85. The van der Waals surface area contributed by atoms with Gasteiger partial charge in [0.15, 0.2) is 0 Å². The second-order valence-electron chi connectivity index (χ2n) is 3.73. The van der Waals surface area contributed by atoms with Gasteiger partial charge in [-0.3, -0.25) is 4.90 Å². The molecular formula is C11H14N2O. The minimum atomic E-state index is -0.352. The van der Waals surface area contributed by atoms with Gasteiger partial charge in [-0.2, -0.15) is 0 Å². The van der Waals surface area contributed by atoms with Crippen LogP contribution in [0.4, 0.5) is 10.5 Å². The number of hydrogen-bond acceptors (Lipinski definition) is 1. The lowest BCUT2D eigenvalue weighted by atomic mass is 10.00.